The van der Waals surface area contributed by atoms with Crippen LogP contribution in [0.15, 0.2) is 54.6 Å². The van der Waals surface area contributed by atoms with E-state index >= 15 is 0 Å². The fourth-order valence-corrected chi connectivity index (χ4v) is 5.20. The number of anilines is 2. The molecular formula is C32H35ClN2O8. The summed E-state index contributed by atoms with van der Waals surface area (Å²) < 4.78 is 17.7. The second kappa shape index (κ2) is 13.0. The van der Waals surface area contributed by atoms with Crippen LogP contribution in [0.4, 0.5) is 11.4 Å². The number of para-hydroxylation sites is 1. The van der Waals surface area contributed by atoms with E-state index in [0.29, 0.717) is 38.9 Å². The van der Waals surface area contributed by atoms with Gasteiger partial charge in [0.15, 0.2) is 11.5 Å². The molecule has 2 atom stereocenters. The molecule has 228 valence electrons. The summed E-state index contributed by atoms with van der Waals surface area (Å²) in [4.78, 5) is 40.6. The lowest BCUT2D eigenvalue weighted by atomic mass is 9.92. The Kier molecular flexibility index (Phi) is 9.64. The molecule has 0 fully saturated rings. The van der Waals surface area contributed by atoms with E-state index in [0.717, 1.165) is 0 Å². The highest BCUT2D eigenvalue weighted by Crippen LogP contribution is 2.45. The van der Waals surface area contributed by atoms with Crippen molar-refractivity contribution >= 4 is 40.8 Å². The zero-order chi connectivity index (χ0) is 31.5. The SMILES string of the molecule is COc1cccc([C@H]2O[C@H](CC(=O)Nc3ccc(C)c(C(=O)O)c3)C(=O)N(CC(C)(C)CO)c3ccc(Cl)cc32)c1OC. The van der Waals surface area contributed by atoms with E-state index in [1.807, 2.05) is 13.8 Å². The van der Waals surface area contributed by atoms with E-state index in [1.54, 1.807) is 55.5 Å². The lowest BCUT2D eigenvalue weighted by Gasteiger charge is -2.32. The first-order valence-electron chi connectivity index (χ1n) is 13.6. The van der Waals surface area contributed by atoms with Crippen LogP contribution in [0.5, 0.6) is 11.5 Å². The van der Waals surface area contributed by atoms with Gasteiger partial charge >= 0.3 is 5.97 Å². The van der Waals surface area contributed by atoms with Crippen molar-refractivity contribution in [3.8, 4) is 11.5 Å². The second-order valence-corrected chi connectivity index (χ2v) is 11.6. The number of carbonyl (C=O) groups is 3. The zero-order valence-electron chi connectivity index (χ0n) is 24.6. The predicted molar refractivity (Wildman–Crippen MR) is 162 cm³/mol. The number of amides is 2. The number of aryl methyl sites for hydroxylation is 1. The van der Waals surface area contributed by atoms with Crippen molar-refractivity contribution in [3.05, 3.63) is 81.9 Å². The molecule has 0 unspecified atom stereocenters. The van der Waals surface area contributed by atoms with Crippen LogP contribution in [0, 0.1) is 12.3 Å². The Bertz CT molecular complexity index is 1540. The van der Waals surface area contributed by atoms with Crippen molar-refractivity contribution in [2.24, 2.45) is 5.41 Å². The molecule has 1 aliphatic rings. The Labute approximate surface area is 255 Å². The van der Waals surface area contributed by atoms with Crippen LogP contribution in [0.25, 0.3) is 0 Å². The summed E-state index contributed by atoms with van der Waals surface area (Å²) in [6.45, 7) is 5.23. The largest absolute Gasteiger partial charge is 0.493 e. The number of hydrogen-bond acceptors (Lipinski definition) is 7. The molecule has 3 aromatic carbocycles. The molecule has 43 heavy (non-hydrogen) atoms. The number of nitrogens with one attached hydrogen (secondary N) is 1. The molecule has 1 heterocycles. The number of ether oxygens (including phenoxy) is 3. The van der Waals surface area contributed by atoms with Gasteiger partial charge in [0.05, 0.1) is 26.2 Å². The molecule has 4 rings (SSSR count). The number of aromatic carboxylic acids is 1. The maximum Gasteiger partial charge on any atom is 0.336 e. The van der Waals surface area contributed by atoms with Gasteiger partial charge in [0.2, 0.25) is 5.91 Å². The Morgan fingerprint density at radius 3 is 2.47 bits per heavy atom. The number of carbonyl (C=O) groups excluding carboxylic acids is 2. The van der Waals surface area contributed by atoms with Gasteiger partial charge in [0, 0.05) is 46.1 Å². The summed E-state index contributed by atoms with van der Waals surface area (Å²) >= 11 is 6.46. The molecule has 1 aliphatic heterocycles. The molecule has 0 saturated carbocycles. The summed E-state index contributed by atoms with van der Waals surface area (Å²) in [6.07, 6.45) is -2.55. The molecule has 3 aromatic rings. The zero-order valence-corrected chi connectivity index (χ0v) is 25.4. The number of fused-ring (bicyclic) bond motifs is 1. The van der Waals surface area contributed by atoms with Crippen LogP contribution in [-0.4, -0.2) is 61.5 Å². The molecule has 0 aromatic heterocycles. The van der Waals surface area contributed by atoms with Gasteiger partial charge in [-0.05, 0) is 48.9 Å². The first-order chi connectivity index (χ1) is 20.4. The van der Waals surface area contributed by atoms with Gasteiger partial charge in [-0.3, -0.25) is 9.59 Å². The van der Waals surface area contributed by atoms with Crippen LogP contribution in [-0.2, 0) is 14.3 Å². The summed E-state index contributed by atoms with van der Waals surface area (Å²) in [7, 11) is 3.01. The van der Waals surface area contributed by atoms with Crippen molar-refractivity contribution in [3.63, 3.8) is 0 Å². The number of carboxylic acids is 1. The van der Waals surface area contributed by atoms with E-state index in [2.05, 4.69) is 5.32 Å². The summed E-state index contributed by atoms with van der Waals surface area (Å²) in [6, 6.07) is 14.9. The Morgan fingerprint density at radius 1 is 1.07 bits per heavy atom. The summed E-state index contributed by atoms with van der Waals surface area (Å²) in [5.41, 5.74) is 1.80. The number of aliphatic hydroxyl groups excluding tert-OH is 1. The monoisotopic (exact) mass is 610 g/mol. The molecule has 2 amide bonds. The average molecular weight is 611 g/mol. The van der Waals surface area contributed by atoms with Gasteiger partial charge < -0.3 is 34.6 Å². The normalized spacial score (nSPS) is 16.7. The first kappa shape index (κ1) is 31.8. The molecule has 3 N–H and O–H groups in total. The lowest BCUT2D eigenvalue weighted by Crippen LogP contribution is -2.46. The van der Waals surface area contributed by atoms with E-state index in [9.17, 15) is 24.6 Å². The third-order valence-corrected chi connectivity index (χ3v) is 7.49. The van der Waals surface area contributed by atoms with Gasteiger partial charge in [-0.1, -0.05) is 43.6 Å². The lowest BCUT2D eigenvalue weighted by molar-refractivity contribution is -0.136. The van der Waals surface area contributed by atoms with Crippen LogP contribution in [0.3, 0.4) is 0 Å². The van der Waals surface area contributed by atoms with Crippen molar-refractivity contribution in [2.75, 3.05) is 37.6 Å². The standard InChI is InChI=1S/C32H35ClN2O8/c1-18-9-11-20(14-22(18)31(39)40)34-27(37)15-26-30(38)35(16-32(2,3)17-36)24-12-10-19(33)13-23(24)28(43-26)21-7-6-8-25(41-4)29(21)42-5/h6-14,26,28,36H,15-17H2,1-5H3,(H,34,37)(H,39,40)/t26-,28-/m1/s1. The van der Waals surface area contributed by atoms with Crippen LogP contribution in [0.2, 0.25) is 5.02 Å². The smallest absolute Gasteiger partial charge is 0.336 e. The summed E-state index contributed by atoms with van der Waals surface area (Å²) in [5.74, 6) is -1.32. The Balaban J connectivity index is 1.80. The highest BCUT2D eigenvalue weighted by atomic mass is 35.5. The van der Waals surface area contributed by atoms with Crippen molar-refractivity contribution in [1.82, 2.24) is 0 Å². The minimum Gasteiger partial charge on any atom is -0.493 e. The number of carboxylic acid groups (broad SMARTS) is 1. The van der Waals surface area contributed by atoms with Crippen molar-refractivity contribution < 1.29 is 38.8 Å². The quantitative estimate of drug-likeness (QED) is 0.284. The van der Waals surface area contributed by atoms with Crippen LogP contribution < -0.4 is 19.7 Å². The first-order valence-corrected chi connectivity index (χ1v) is 14.0. The number of benzene rings is 3. The van der Waals surface area contributed by atoms with Gasteiger partial charge in [-0.2, -0.15) is 0 Å². The molecule has 0 bridgehead atoms. The molecule has 0 spiro atoms. The average Bonchev–Trinajstić information content (AvgIpc) is 3.07. The number of methoxy groups -OCH3 is 2. The van der Waals surface area contributed by atoms with Crippen LogP contribution >= 0.6 is 11.6 Å². The van der Waals surface area contributed by atoms with Crippen LogP contribution in [0.1, 0.15) is 53.4 Å². The van der Waals surface area contributed by atoms with Gasteiger partial charge in [0.1, 0.15) is 12.2 Å². The predicted octanol–water partition coefficient (Wildman–Crippen LogP) is 5.23. The maximum atomic E-state index is 14.2. The Morgan fingerprint density at radius 2 is 1.81 bits per heavy atom. The van der Waals surface area contributed by atoms with E-state index in [1.165, 1.54) is 25.2 Å². The highest BCUT2D eigenvalue weighted by Gasteiger charge is 2.40. The van der Waals surface area contributed by atoms with E-state index < -0.39 is 35.4 Å². The number of aliphatic hydroxyl groups is 1. The fourth-order valence-electron chi connectivity index (χ4n) is 5.02. The highest BCUT2D eigenvalue weighted by molar-refractivity contribution is 6.30. The van der Waals surface area contributed by atoms with E-state index in [4.69, 9.17) is 25.8 Å². The number of rotatable bonds is 10. The van der Waals surface area contributed by atoms with Gasteiger partial charge in [-0.15, -0.1) is 0 Å². The van der Waals surface area contributed by atoms with E-state index in [-0.39, 0.29) is 30.8 Å². The number of halogens is 1. The fraction of sp³-hybridized carbons (Fsp3) is 0.344. The third kappa shape index (κ3) is 6.93. The van der Waals surface area contributed by atoms with Crippen molar-refractivity contribution in [2.45, 2.75) is 39.4 Å². The van der Waals surface area contributed by atoms with Gasteiger partial charge in [0.25, 0.3) is 5.91 Å². The third-order valence-electron chi connectivity index (χ3n) is 7.26. The second-order valence-electron chi connectivity index (χ2n) is 11.1. The maximum absolute atomic E-state index is 14.2. The molecular weight excluding hydrogens is 576 g/mol. The number of nitrogens with zero attached hydrogens (tertiary/aromatic N) is 1. The molecule has 0 aliphatic carbocycles. The number of hydrogen-bond donors (Lipinski definition) is 3. The minimum atomic E-state index is -1.27. The topological polar surface area (TPSA) is 135 Å². The molecule has 0 saturated heterocycles. The summed E-state index contributed by atoms with van der Waals surface area (Å²) in [5, 5.41) is 22.7. The van der Waals surface area contributed by atoms with Crippen molar-refractivity contribution in [1.29, 1.82) is 0 Å². The minimum absolute atomic E-state index is 0.0505. The van der Waals surface area contributed by atoms with Gasteiger partial charge in [-0.25, -0.2) is 4.79 Å². The molecule has 0 radical (unpaired) electrons. The molecule has 11 heteroatoms. The Hall–Kier alpha value is -4.12. The molecule has 10 nitrogen and oxygen atoms in total.